The smallest absolute Gasteiger partial charge is 0.229 e. The van der Waals surface area contributed by atoms with Crippen molar-refractivity contribution in [2.24, 2.45) is 5.73 Å². The lowest BCUT2D eigenvalue weighted by molar-refractivity contribution is -0.120. The molecule has 9 heteroatoms. The maximum absolute atomic E-state index is 12.0. The lowest BCUT2D eigenvalue weighted by Crippen LogP contribution is -2.29. The number of carbonyl (C=O) groups excluding carboxylic acids is 1. The van der Waals surface area contributed by atoms with Gasteiger partial charge in [0, 0.05) is 46.9 Å². The van der Waals surface area contributed by atoms with E-state index >= 15 is 0 Å². The highest BCUT2D eigenvalue weighted by molar-refractivity contribution is 7.98. The summed E-state index contributed by atoms with van der Waals surface area (Å²) in [5, 5.41) is 9.49. The maximum Gasteiger partial charge on any atom is 0.229 e. The molecule has 1 amide bonds. The summed E-state index contributed by atoms with van der Waals surface area (Å²) in [6, 6.07) is 5.90. The minimum Gasteiger partial charge on any atom is -0.373 e. The molecule has 0 saturated heterocycles. The maximum atomic E-state index is 12.0. The first kappa shape index (κ1) is 17.9. The molecule has 0 atom stereocenters. The van der Waals surface area contributed by atoms with Gasteiger partial charge in [-0.1, -0.05) is 0 Å². The molecule has 0 spiro atoms. The lowest BCUT2D eigenvalue weighted by Gasteiger charge is -2.13. The van der Waals surface area contributed by atoms with Crippen LogP contribution in [0, 0.1) is 0 Å². The van der Waals surface area contributed by atoms with E-state index in [1.54, 1.807) is 28.7 Å². The molecule has 0 bridgehead atoms. The topological polar surface area (TPSA) is 111 Å². The third-order valence-electron chi connectivity index (χ3n) is 5.50. The van der Waals surface area contributed by atoms with Gasteiger partial charge in [-0.15, -0.1) is 16.9 Å². The molecule has 0 radical (unpaired) electrons. The Kier molecular flexibility index (Phi) is 3.95. The molecule has 1 aliphatic carbocycles. The normalized spacial score (nSPS) is 15.0. The predicted molar refractivity (Wildman–Crippen MR) is 113 cm³/mol. The average molecular weight is 405 g/mol. The highest BCUT2D eigenvalue weighted by Gasteiger charge is 2.51. The number of anilines is 1. The van der Waals surface area contributed by atoms with Gasteiger partial charge in [-0.2, -0.15) is 0 Å². The van der Waals surface area contributed by atoms with Gasteiger partial charge in [0.25, 0.3) is 0 Å². The lowest BCUT2D eigenvalue weighted by atomic mass is 9.97. The van der Waals surface area contributed by atoms with Crippen molar-refractivity contribution in [1.29, 1.82) is 0 Å². The number of nitrogens with zero attached hydrogens (tertiary/aromatic N) is 5. The summed E-state index contributed by atoms with van der Waals surface area (Å²) in [6.45, 7) is 0. The number of nitrogens with two attached hydrogens (primary N) is 1. The fraction of sp³-hybridized carbons (Fsp3) is 0.250. The third kappa shape index (κ3) is 2.72. The number of carbonyl (C=O) groups is 1. The molecule has 4 aromatic rings. The number of aromatic nitrogens is 5. The molecule has 8 nitrogen and oxygen atoms in total. The molecule has 29 heavy (non-hydrogen) atoms. The zero-order valence-corrected chi connectivity index (χ0v) is 16.8. The van der Waals surface area contributed by atoms with Gasteiger partial charge in [0.15, 0.2) is 11.5 Å². The molecule has 0 unspecified atom stereocenters. The molecular formula is C20H19N7OS. The fourth-order valence-electron chi connectivity index (χ4n) is 3.63. The van der Waals surface area contributed by atoms with Crippen LogP contribution in [0.5, 0.6) is 0 Å². The Morgan fingerprint density at radius 1 is 1.24 bits per heavy atom. The van der Waals surface area contributed by atoms with Crippen LogP contribution in [0.1, 0.15) is 18.5 Å². The van der Waals surface area contributed by atoms with E-state index in [0.29, 0.717) is 17.3 Å². The monoisotopic (exact) mass is 405 g/mol. The first-order chi connectivity index (χ1) is 14.1. The molecule has 4 aromatic heterocycles. The zero-order chi connectivity index (χ0) is 20.2. The predicted octanol–water partition coefficient (Wildman–Crippen LogP) is 2.62. The van der Waals surface area contributed by atoms with E-state index < -0.39 is 5.41 Å². The number of thioether (sulfide) groups is 1. The van der Waals surface area contributed by atoms with E-state index in [4.69, 9.17) is 5.73 Å². The van der Waals surface area contributed by atoms with Crippen LogP contribution in [-0.2, 0) is 10.2 Å². The number of fused-ring (bicyclic) bond motifs is 2. The van der Waals surface area contributed by atoms with Crippen molar-refractivity contribution in [3.63, 3.8) is 0 Å². The number of amides is 1. The summed E-state index contributed by atoms with van der Waals surface area (Å²) >= 11 is 1.65. The molecule has 3 N–H and O–H groups in total. The molecule has 5 rings (SSSR count). The van der Waals surface area contributed by atoms with E-state index in [0.717, 1.165) is 39.7 Å². The van der Waals surface area contributed by atoms with Gasteiger partial charge < -0.3 is 11.1 Å². The summed E-state index contributed by atoms with van der Waals surface area (Å²) in [5.41, 5.74) is 7.24. The average Bonchev–Trinajstić information content (AvgIpc) is 3.46. The molecule has 1 saturated carbocycles. The van der Waals surface area contributed by atoms with E-state index in [1.165, 1.54) is 0 Å². The zero-order valence-electron chi connectivity index (χ0n) is 16.0. The Hall–Kier alpha value is -3.20. The van der Waals surface area contributed by atoms with Gasteiger partial charge in [0.2, 0.25) is 5.91 Å². The Balaban J connectivity index is 1.74. The van der Waals surface area contributed by atoms with Gasteiger partial charge >= 0.3 is 0 Å². The van der Waals surface area contributed by atoms with Gasteiger partial charge in [-0.3, -0.25) is 9.78 Å². The van der Waals surface area contributed by atoms with Crippen LogP contribution < -0.4 is 11.1 Å². The van der Waals surface area contributed by atoms with Gasteiger partial charge in [0.05, 0.1) is 11.1 Å². The highest BCUT2D eigenvalue weighted by atomic mass is 32.2. The number of hydrogen-bond acceptors (Lipinski definition) is 7. The van der Waals surface area contributed by atoms with Crippen LogP contribution in [0.15, 0.2) is 41.7 Å². The van der Waals surface area contributed by atoms with Crippen molar-refractivity contribution < 1.29 is 4.79 Å². The minimum atomic E-state index is -0.659. The molecular weight excluding hydrogens is 386 g/mol. The molecule has 1 fully saturated rings. The first-order valence-corrected chi connectivity index (χ1v) is 10.5. The van der Waals surface area contributed by atoms with Gasteiger partial charge in [-0.05, 0) is 37.3 Å². The van der Waals surface area contributed by atoms with Crippen molar-refractivity contribution in [2.45, 2.75) is 23.2 Å². The number of nitrogens with one attached hydrogen (secondary N) is 1. The van der Waals surface area contributed by atoms with E-state index in [9.17, 15) is 4.79 Å². The second-order valence-electron chi connectivity index (χ2n) is 7.14. The van der Waals surface area contributed by atoms with Crippen molar-refractivity contribution >= 4 is 39.9 Å². The summed E-state index contributed by atoms with van der Waals surface area (Å²) in [7, 11) is 1.81. The van der Waals surface area contributed by atoms with Crippen LogP contribution in [0.4, 0.5) is 5.82 Å². The van der Waals surface area contributed by atoms with Crippen LogP contribution in [0.25, 0.3) is 27.8 Å². The van der Waals surface area contributed by atoms with Crippen molar-refractivity contribution in [3.05, 3.63) is 42.5 Å². The number of primary amides is 1. The number of hydrogen-bond donors (Lipinski definition) is 2. The van der Waals surface area contributed by atoms with Crippen LogP contribution in [0.2, 0.25) is 0 Å². The van der Waals surface area contributed by atoms with E-state index in [-0.39, 0.29) is 5.91 Å². The molecule has 0 aliphatic heterocycles. The van der Waals surface area contributed by atoms with Gasteiger partial charge in [-0.25, -0.2) is 14.5 Å². The first-order valence-electron chi connectivity index (χ1n) is 9.23. The Morgan fingerprint density at radius 3 is 2.76 bits per heavy atom. The standard InChI is InChI=1S/C20H19N7OS/c1-22-17-13-8-23-15(20(5-6-20)19(21)28)7-12(13)14(9-24-17)18-25-16-4-3-11(29-2)10-27(16)26-18/h3-4,7-10H,5-6H2,1-2H3,(H2,21,28)(H,22,24). The summed E-state index contributed by atoms with van der Waals surface area (Å²) in [5.74, 6) is 0.953. The van der Waals surface area contributed by atoms with Crippen LogP contribution in [0.3, 0.4) is 0 Å². The SMILES string of the molecule is CNc1ncc(-c2nc3ccc(SC)cn3n2)c2cc(C3(C(N)=O)CC3)ncc12. The Bertz CT molecular complexity index is 1280. The minimum absolute atomic E-state index is 0.329. The highest BCUT2D eigenvalue weighted by Crippen LogP contribution is 2.48. The third-order valence-corrected chi connectivity index (χ3v) is 6.21. The Labute approximate surface area is 170 Å². The molecule has 4 heterocycles. The van der Waals surface area contributed by atoms with Gasteiger partial charge in [0.1, 0.15) is 5.82 Å². The van der Waals surface area contributed by atoms with Crippen molar-refractivity contribution in [3.8, 4) is 11.4 Å². The Morgan fingerprint density at radius 2 is 2.07 bits per heavy atom. The number of pyridine rings is 3. The second kappa shape index (κ2) is 6.41. The molecule has 0 aromatic carbocycles. The molecule has 1 aliphatic rings. The summed E-state index contributed by atoms with van der Waals surface area (Å²) in [6.07, 6.45) is 8.93. The van der Waals surface area contributed by atoms with E-state index in [1.807, 2.05) is 37.7 Å². The quantitative estimate of drug-likeness (QED) is 0.491. The van der Waals surface area contributed by atoms with Crippen LogP contribution in [-0.4, -0.2) is 43.8 Å². The second-order valence-corrected chi connectivity index (χ2v) is 8.02. The summed E-state index contributed by atoms with van der Waals surface area (Å²) in [4.78, 5) is 26.8. The van der Waals surface area contributed by atoms with Crippen molar-refractivity contribution in [1.82, 2.24) is 24.6 Å². The van der Waals surface area contributed by atoms with Crippen molar-refractivity contribution in [2.75, 3.05) is 18.6 Å². The van der Waals surface area contributed by atoms with E-state index in [2.05, 4.69) is 25.4 Å². The summed E-state index contributed by atoms with van der Waals surface area (Å²) < 4.78 is 1.77. The van der Waals surface area contributed by atoms with Crippen LogP contribution >= 0.6 is 11.8 Å². The molecule has 146 valence electrons. The largest absolute Gasteiger partial charge is 0.373 e. The number of rotatable bonds is 5. The fourth-order valence-corrected chi connectivity index (χ4v) is 4.04.